The van der Waals surface area contributed by atoms with E-state index >= 15 is 0 Å². The highest BCUT2D eigenvalue weighted by Gasteiger charge is 2.20. The third kappa shape index (κ3) is 1.99. The van der Waals surface area contributed by atoms with Crippen LogP contribution in [0.25, 0.3) is 0 Å². The van der Waals surface area contributed by atoms with Crippen LogP contribution in [0.3, 0.4) is 0 Å². The number of halogens is 1. The lowest BCUT2D eigenvalue weighted by atomic mass is 10.2. The number of hydrogen-bond donors (Lipinski definition) is 0. The first-order valence-corrected chi connectivity index (χ1v) is 4.62. The first-order valence-electron chi connectivity index (χ1n) is 3.81. The predicted octanol–water partition coefficient (Wildman–Crippen LogP) is 2.12. The minimum Gasteiger partial charge on any atom is -0.488 e. The second kappa shape index (κ2) is 4.33. The topological polar surface area (TPSA) is 52.4 Å². The third-order valence-corrected chi connectivity index (χ3v) is 2.19. The van der Waals surface area contributed by atoms with Gasteiger partial charge in [0.15, 0.2) is 5.82 Å². The van der Waals surface area contributed by atoms with Gasteiger partial charge in [0.25, 0.3) is 0 Å². The van der Waals surface area contributed by atoms with Gasteiger partial charge in [0, 0.05) is 6.07 Å². The maximum atomic E-state index is 13.2. The van der Waals surface area contributed by atoms with Crippen molar-refractivity contribution in [1.29, 1.82) is 0 Å². The Labute approximate surface area is 82.4 Å². The number of ether oxygens (including phenoxy) is 1. The van der Waals surface area contributed by atoms with E-state index in [4.69, 9.17) is 0 Å². The third-order valence-electron chi connectivity index (χ3n) is 1.72. The SMILES string of the molecule is COc1c(F)cc(CP)cc1[N+](=O)[O-]. The summed E-state index contributed by atoms with van der Waals surface area (Å²) in [7, 11) is 3.57. The molecule has 0 bridgehead atoms. The van der Waals surface area contributed by atoms with Crippen LogP contribution >= 0.6 is 9.24 Å². The van der Waals surface area contributed by atoms with Gasteiger partial charge in [-0.25, -0.2) is 4.39 Å². The number of nitro groups is 1. The summed E-state index contributed by atoms with van der Waals surface area (Å²) in [6.07, 6.45) is 0.460. The van der Waals surface area contributed by atoms with Gasteiger partial charge in [-0.15, -0.1) is 9.24 Å². The van der Waals surface area contributed by atoms with E-state index in [9.17, 15) is 14.5 Å². The molecule has 0 saturated heterocycles. The molecule has 0 fully saturated rings. The first-order chi connectivity index (χ1) is 6.60. The lowest BCUT2D eigenvalue weighted by molar-refractivity contribution is -0.386. The molecular weight excluding hydrogens is 208 g/mol. The lowest BCUT2D eigenvalue weighted by Gasteiger charge is -2.04. The average molecular weight is 217 g/mol. The molecule has 0 heterocycles. The van der Waals surface area contributed by atoms with Crippen molar-refractivity contribution in [2.75, 3.05) is 7.11 Å². The number of benzene rings is 1. The first kappa shape index (κ1) is 10.9. The summed E-state index contributed by atoms with van der Waals surface area (Å²) >= 11 is 0. The molecule has 0 amide bonds. The van der Waals surface area contributed by atoms with Crippen LogP contribution in [0.1, 0.15) is 5.56 Å². The lowest BCUT2D eigenvalue weighted by Crippen LogP contribution is -1.97. The highest BCUT2D eigenvalue weighted by molar-refractivity contribution is 7.15. The fourth-order valence-corrected chi connectivity index (χ4v) is 1.32. The maximum Gasteiger partial charge on any atom is 0.314 e. The Bertz CT molecular complexity index is 370. The molecule has 0 aliphatic heterocycles. The molecule has 1 atom stereocenters. The molecular formula is C8H9FNO3P. The van der Waals surface area contributed by atoms with Crippen molar-refractivity contribution in [3.8, 4) is 5.75 Å². The largest absolute Gasteiger partial charge is 0.488 e. The Morgan fingerprint density at radius 3 is 2.71 bits per heavy atom. The zero-order valence-electron chi connectivity index (χ0n) is 7.49. The van der Waals surface area contributed by atoms with Crippen molar-refractivity contribution >= 4 is 14.9 Å². The highest BCUT2D eigenvalue weighted by atomic mass is 31.0. The van der Waals surface area contributed by atoms with Gasteiger partial charge >= 0.3 is 5.69 Å². The second-order valence-corrected chi connectivity index (χ2v) is 3.00. The van der Waals surface area contributed by atoms with Crippen LogP contribution in [0.2, 0.25) is 0 Å². The summed E-state index contributed by atoms with van der Waals surface area (Å²) in [5.41, 5.74) is 0.199. The van der Waals surface area contributed by atoms with Crippen LogP contribution in [0.15, 0.2) is 12.1 Å². The van der Waals surface area contributed by atoms with Crippen molar-refractivity contribution < 1.29 is 14.1 Å². The molecule has 1 rings (SSSR count). The Hall–Kier alpha value is -1.22. The predicted molar refractivity (Wildman–Crippen MR) is 53.0 cm³/mol. The normalized spacial score (nSPS) is 9.93. The molecule has 1 aromatic carbocycles. The molecule has 6 heteroatoms. The molecule has 1 aromatic rings. The number of hydrogen-bond acceptors (Lipinski definition) is 3. The van der Waals surface area contributed by atoms with Crippen LogP contribution in [-0.2, 0) is 6.16 Å². The van der Waals surface area contributed by atoms with E-state index in [0.717, 1.165) is 0 Å². The number of nitrogens with zero attached hydrogens (tertiary/aromatic N) is 1. The van der Waals surface area contributed by atoms with E-state index in [1.807, 2.05) is 0 Å². The van der Waals surface area contributed by atoms with Crippen molar-refractivity contribution in [2.24, 2.45) is 0 Å². The van der Waals surface area contributed by atoms with Crippen molar-refractivity contribution in [1.82, 2.24) is 0 Å². The number of nitro benzene ring substituents is 1. The second-order valence-electron chi connectivity index (χ2n) is 2.59. The smallest absolute Gasteiger partial charge is 0.314 e. The Morgan fingerprint density at radius 1 is 1.64 bits per heavy atom. The average Bonchev–Trinajstić information content (AvgIpc) is 2.16. The number of methoxy groups -OCH3 is 1. The van der Waals surface area contributed by atoms with E-state index in [0.29, 0.717) is 11.7 Å². The van der Waals surface area contributed by atoms with Crippen molar-refractivity contribution in [3.05, 3.63) is 33.6 Å². The van der Waals surface area contributed by atoms with Crippen molar-refractivity contribution in [2.45, 2.75) is 6.16 Å². The van der Waals surface area contributed by atoms with Gasteiger partial charge in [-0.05, 0) is 17.8 Å². The van der Waals surface area contributed by atoms with Crippen LogP contribution < -0.4 is 4.74 Å². The zero-order chi connectivity index (χ0) is 10.7. The number of rotatable bonds is 3. The molecule has 0 aliphatic carbocycles. The quantitative estimate of drug-likeness (QED) is 0.442. The van der Waals surface area contributed by atoms with E-state index in [-0.39, 0.29) is 11.4 Å². The molecule has 0 spiro atoms. The monoisotopic (exact) mass is 217 g/mol. The minimum absolute atomic E-state index is 0.322. The summed E-state index contributed by atoms with van der Waals surface area (Å²) in [5.74, 6) is -1.03. The minimum atomic E-state index is -0.709. The molecule has 0 aromatic heterocycles. The van der Waals surface area contributed by atoms with Gasteiger partial charge in [0.05, 0.1) is 12.0 Å². The van der Waals surface area contributed by atoms with Crippen LogP contribution in [0.4, 0.5) is 10.1 Å². The van der Waals surface area contributed by atoms with E-state index in [1.165, 1.54) is 19.2 Å². The van der Waals surface area contributed by atoms with Gasteiger partial charge in [-0.2, -0.15) is 0 Å². The van der Waals surface area contributed by atoms with Gasteiger partial charge in [-0.3, -0.25) is 10.1 Å². The van der Waals surface area contributed by atoms with E-state index in [2.05, 4.69) is 14.0 Å². The fourth-order valence-electron chi connectivity index (χ4n) is 1.09. The fraction of sp³-hybridized carbons (Fsp3) is 0.250. The van der Waals surface area contributed by atoms with Gasteiger partial charge in [-0.1, -0.05) is 0 Å². The summed E-state index contributed by atoms with van der Waals surface area (Å²) in [6, 6.07) is 2.52. The highest BCUT2D eigenvalue weighted by Crippen LogP contribution is 2.31. The molecule has 0 N–H and O–H groups in total. The summed E-state index contributed by atoms with van der Waals surface area (Å²) < 4.78 is 17.8. The van der Waals surface area contributed by atoms with E-state index < -0.39 is 10.7 Å². The van der Waals surface area contributed by atoms with Gasteiger partial charge in [0.2, 0.25) is 5.75 Å². The molecule has 4 nitrogen and oxygen atoms in total. The Balaban J connectivity index is 3.35. The maximum absolute atomic E-state index is 13.2. The van der Waals surface area contributed by atoms with Gasteiger partial charge < -0.3 is 4.74 Å². The van der Waals surface area contributed by atoms with Gasteiger partial charge in [0.1, 0.15) is 0 Å². The summed E-state index contributed by atoms with van der Waals surface area (Å²) in [5, 5.41) is 10.6. The molecule has 14 heavy (non-hydrogen) atoms. The zero-order valence-corrected chi connectivity index (χ0v) is 8.64. The Morgan fingerprint density at radius 2 is 2.29 bits per heavy atom. The molecule has 1 unspecified atom stereocenters. The van der Waals surface area contributed by atoms with Crippen molar-refractivity contribution in [3.63, 3.8) is 0 Å². The molecule has 0 radical (unpaired) electrons. The van der Waals surface area contributed by atoms with E-state index in [1.54, 1.807) is 0 Å². The summed E-state index contributed by atoms with van der Waals surface area (Å²) in [6.45, 7) is 0. The summed E-state index contributed by atoms with van der Waals surface area (Å²) in [4.78, 5) is 9.89. The molecule has 76 valence electrons. The molecule has 0 aliphatic rings. The molecule has 0 saturated carbocycles. The van der Waals surface area contributed by atoms with Crippen LogP contribution in [0.5, 0.6) is 5.75 Å². The Kier molecular flexibility index (Phi) is 3.36. The van der Waals surface area contributed by atoms with Crippen LogP contribution in [0, 0.1) is 15.9 Å². The standard InChI is InChI=1S/C8H9FNO3P/c1-13-8-6(9)2-5(4-14)3-7(8)10(11)12/h2-3H,4,14H2,1H3. The van der Waals surface area contributed by atoms with Crippen LogP contribution in [-0.4, -0.2) is 12.0 Å².